The van der Waals surface area contributed by atoms with Crippen molar-refractivity contribution >= 4 is 11.8 Å². The van der Waals surface area contributed by atoms with Crippen LogP contribution in [0.15, 0.2) is 42.5 Å². The summed E-state index contributed by atoms with van der Waals surface area (Å²) in [5.74, 6) is 0.701. The molecule has 0 fully saturated rings. The number of hydrogen-bond donors (Lipinski definition) is 1. The molecule has 2 atom stereocenters. The summed E-state index contributed by atoms with van der Waals surface area (Å²) in [5, 5.41) is 2.93. The number of nitrogens with zero attached hydrogens (tertiary/aromatic N) is 1. The maximum atomic E-state index is 12.8. The Kier molecular flexibility index (Phi) is 7.37. The quantitative estimate of drug-likeness (QED) is 0.712. The van der Waals surface area contributed by atoms with Crippen molar-refractivity contribution in [1.82, 2.24) is 10.2 Å². The molecule has 0 aromatic heterocycles. The topological polar surface area (TPSA) is 58.6 Å². The molecule has 0 spiro atoms. The molecule has 0 bridgehead atoms. The van der Waals surface area contributed by atoms with Crippen molar-refractivity contribution < 1.29 is 14.3 Å². The minimum absolute atomic E-state index is 0.0630. The van der Waals surface area contributed by atoms with Gasteiger partial charge in [-0.25, -0.2) is 0 Å². The van der Waals surface area contributed by atoms with E-state index in [0.29, 0.717) is 25.1 Å². The third-order valence-electron chi connectivity index (χ3n) is 5.70. The molecule has 0 radical (unpaired) electrons. The lowest BCUT2D eigenvalue weighted by Crippen LogP contribution is -2.41. The number of nitrogens with one attached hydrogen (secondary N) is 1. The average molecular weight is 423 g/mol. The predicted octanol–water partition coefficient (Wildman–Crippen LogP) is 4.56. The van der Waals surface area contributed by atoms with Crippen LogP contribution in [0.4, 0.5) is 0 Å². The van der Waals surface area contributed by atoms with E-state index in [1.54, 1.807) is 0 Å². The maximum Gasteiger partial charge on any atom is 0.261 e. The predicted molar refractivity (Wildman–Crippen MR) is 123 cm³/mol. The van der Waals surface area contributed by atoms with Gasteiger partial charge < -0.3 is 15.0 Å². The lowest BCUT2D eigenvalue weighted by Gasteiger charge is -2.38. The van der Waals surface area contributed by atoms with Gasteiger partial charge in [0.2, 0.25) is 5.91 Å². The van der Waals surface area contributed by atoms with E-state index in [0.717, 1.165) is 23.1 Å². The summed E-state index contributed by atoms with van der Waals surface area (Å²) in [6.45, 7) is 10.5. The highest BCUT2D eigenvalue weighted by molar-refractivity contribution is 5.81. The Morgan fingerprint density at radius 2 is 1.94 bits per heavy atom. The van der Waals surface area contributed by atoms with E-state index in [4.69, 9.17) is 4.74 Å². The summed E-state index contributed by atoms with van der Waals surface area (Å²) in [7, 11) is 0. The van der Waals surface area contributed by atoms with Gasteiger partial charge in [-0.2, -0.15) is 0 Å². The molecule has 1 aliphatic heterocycles. The Morgan fingerprint density at radius 3 is 2.58 bits per heavy atom. The Balaban J connectivity index is 1.98. The minimum Gasteiger partial charge on any atom is -0.481 e. The summed E-state index contributed by atoms with van der Waals surface area (Å²) in [6, 6.07) is 14.3. The van der Waals surface area contributed by atoms with Gasteiger partial charge in [-0.05, 0) is 62.4 Å². The Labute approximate surface area is 185 Å². The van der Waals surface area contributed by atoms with E-state index < -0.39 is 6.10 Å². The zero-order chi connectivity index (χ0) is 22.5. The van der Waals surface area contributed by atoms with E-state index in [1.807, 2.05) is 50.8 Å². The van der Waals surface area contributed by atoms with Crippen LogP contribution in [0.1, 0.15) is 68.8 Å². The number of amides is 2. The van der Waals surface area contributed by atoms with E-state index in [1.165, 1.54) is 5.56 Å². The van der Waals surface area contributed by atoms with Crippen LogP contribution in [0.25, 0.3) is 0 Å². The Hall–Kier alpha value is -2.82. The average Bonchev–Trinajstić information content (AvgIpc) is 2.75. The first-order chi connectivity index (χ1) is 14.8. The number of rotatable bonds is 7. The molecule has 0 saturated heterocycles. The Bertz CT molecular complexity index is 938. The molecular weight excluding hydrogens is 388 g/mol. The van der Waals surface area contributed by atoms with Gasteiger partial charge >= 0.3 is 0 Å². The lowest BCUT2D eigenvalue weighted by molar-refractivity contribution is -0.133. The van der Waals surface area contributed by atoms with Crippen LogP contribution in [-0.4, -0.2) is 35.4 Å². The maximum absolute atomic E-state index is 12.8. The molecular formula is C26H34N2O3. The number of aryl methyl sites for hydroxylation is 1. The van der Waals surface area contributed by atoms with Gasteiger partial charge in [-0.1, -0.05) is 49.7 Å². The molecule has 0 unspecified atom stereocenters. The van der Waals surface area contributed by atoms with Gasteiger partial charge in [0.25, 0.3) is 5.91 Å². The van der Waals surface area contributed by atoms with Crippen molar-refractivity contribution in [2.24, 2.45) is 0 Å². The number of carbonyl (C=O) groups excluding carboxylic acids is 2. The summed E-state index contributed by atoms with van der Waals surface area (Å²) >= 11 is 0. The minimum atomic E-state index is -0.546. The number of ether oxygens (including phenoxy) is 1. The SMILES string of the molecule is CCC(=O)N1CCc2ccc(O[C@H](CC)C(=O)NC(C)C)cc2[C@@H]1c1cccc(C)c1. The second-order valence-electron chi connectivity index (χ2n) is 8.55. The van der Waals surface area contributed by atoms with Gasteiger partial charge in [-0.15, -0.1) is 0 Å². The molecule has 5 nitrogen and oxygen atoms in total. The first-order valence-electron chi connectivity index (χ1n) is 11.3. The van der Waals surface area contributed by atoms with Crippen molar-refractivity contribution in [3.05, 3.63) is 64.7 Å². The first kappa shape index (κ1) is 22.9. The van der Waals surface area contributed by atoms with Crippen molar-refractivity contribution in [3.8, 4) is 5.75 Å². The van der Waals surface area contributed by atoms with Crippen LogP contribution in [0, 0.1) is 6.92 Å². The molecule has 3 rings (SSSR count). The second kappa shape index (κ2) is 9.99. The van der Waals surface area contributed by atoms with Crippen molar-refractivity contribution in [3.63, 3.8) is 0 Å². The van der Waals surface area contributed by atoms with Crippen LogP contribution in [0.5, 0.6) is 5.75 Å². The molecule has 0 saturated carbocycles. The largest absolute Gasteiger partial charge is 0.481 e. The fourth-order valence-corrected chi connectivity index (χ4v) is 4.20. The highest BCUT2D eigenvalue weighted by Gasteiger charge is 2.32. The molecule has 5 heteroatoms. The van der Waals surface area contributed by atoms with E-state index >= 15 is 0 Å². The van der Waals surface area contributed by atoms with Crippen LogP contribution in [-0.2, 0) is 16.0 Å². The summed E-state index contributed by atoms with van der Waals surface area (Å²) in [6.07, 6.45) is 1.32. The zero-order valence-electron chi connectivity index (χ0n) is 19.3. The third kappa shape index (κ3) is 5.27. The normalized spacial score (nSPS) is 16.6. The number of fused-ring (bicyclic) bond motifs is 1. The molecule has 2 aromatic rings. The highest BCUT2D eigenvalue weighted by atomic mass is 16.5. The van der Waals surface area contributed by atoms with Gasteiger partial charge in [0.05, 0.1) is 6.04 Å². The van der Waals surface area contributed by atoms with E-state index in [9.17, 15) is 9.59 Å². The van der Waals surface area contributed by atoms with Crippen LogP contribution >= 0.6 is 0 Å². The van der Waals surface area contributed by atoms with E-state index in [2.05, 4.69) is 36.5 Å². The summed E-state index contributed by atoms with van der Waals surface area (Å²) < 4.78 is 6.11. The molecule has 0 aliphatic carbocycles. The van der Waals surface area contributed by atoms with Gasteiger partial charge in [0.1, 0.15) is 5.75 Å². The molecule has 2 aromatic carbocycles. The Morgan fingerprint density at radius 1 is 1.16 bits per heavy atom. The summed E-state index contributed by atoms with van der Waals surface area (Å²) in [4.78, 5) is 27.3. The van der Waals surface area contributed by atoms with Crippen molar-refractivity contribution in [1.29, 1.82) is 0 Å². The summed E-state index contributed by atoms with van der Waals surface area (Å²) in [5.41, 5.74) is 4.57. The third-order valence-corrected chi connectivity index (χ3v) is 5.70. The molecule has 1 N–H and O–H groups in total. The molecule has 1 heterocycles. The fraction of sp³-hybridized carbons (Fsp3) is 0.462. The van der Waals surface area contributed by atoms with Gasteiger partial charge in [0.15, 0.2) is 6.10 Å². The van der Waals surface area contributed by atoms with Crippen molar-refractivity contribution in [2.45, 2.75) is 72.1 Å². The first-order valence-corrected chi connectivity index (χ1v) is 11.3. The standard InChI is InChI=1S/C26H34N2O3/c1-6-23(26(30)27-17(3)4)31-21-12-11-19-13-14-28(24(29)7-2)25(22(19)16-21)20-10-8-9-18(5)15-20/h8-12,15-17,23,25H,6-7,13-14H2,1-5H3,(H,27,30)/t23-,25+/m1/s1. The molecule has 1 aliphatic rings. The molecule has 2 amide bonds. The monoisotopic (exact) mass is 422 g/mol. The zero-order valence-corrected chi connectivity index (χ0v) is 19.3. The second-order valence-corrected chi connectivity index (χ2v) is 8.55. The van der Waals surface area contributed by atoms with E-state index in [-0.39, 0.29) is 23.9 Å². The van der Waals surface area contributed by atoms with Gasteiger partial charge in [0, 0.05) is 19.0 Å². The molecule has 166 valence electrons. The van der Waals surface area contributed by atoms with Gasteiger partial charge in [-0.3, -0.25) is 9.59 Å². The number of hydrogen-bond acceptors (Lipinski definition) is 3. The van der Waals surface area contributed by atoms with Crippen LogP contribution in [0.2, 0.25) is 0 Å². The lowest BCUT2D eigenvalue weighted by atomic mass is 9.87. The smallest absolute Gasteiger partial charge is 0.261 e. The van der Waals surface area contributed by atoms with Crippen LogP contribution < -0.4 is 10.1 Å². The molecule has 31 heavy (non-hydrogen) atoms. The van der Waals surface area contributed by atoms with Crippen LogP contribution in [0.3, 0.4) is 0 Å². The number of benzene rings is 2. The fourth-order valence-electron chi connectivity index (χ4n) is 4.20. The number of carbonyl (C=O) groups is 2. The van der Waals surface area contributed by atoms with Crippen molar-refractivity contribution in [2.75, 3.05) is 6.54 Å². The highest BCUT2D eigenvalue weighted by Crippen LogP contribution is 2.38.